The average molecular weight is 636 g/mol. The second-order valence-corrected chi connectivity index (χ2v) is 9.05. The molecule has 1 saturated heterocycles. The molecule has 1 amide bonds. The molecule has 1 aliphatic heterocycles. The number of pyridine rings is 1. The lowest BCUT2D eigenvalue weighted by molar-refractivity contribution is -0.137. The van der Waals surface area contributed by atoms with Gasteiger partial charge in [0.25, 0.3) is 0 Å². The van der Waals surface area contributed by atoms with Gasteiger partial charge in [0.2, 0.25) is 5.91 Å². The predicted octanol–water partition coefficient (Wildman–Crippen LogP) is 8.21. The highest BCUT2D eigenvalue weighted by molar-refractivity contribution is 6.37. The van der Waals surface area contributed by atoms with E-state index >= 15 is 0 Å². The van der Waals surface area contributed by atoms with Crippen LogP contribution < -0.4 is 10.1 Å². The number of rotatable bonds is 6. The number of ether oxygens (including phenoxy) is 1. The first-order valence-electron chi connectivity index (χ1n) is 12.7. The van der Waals surface area contributed by atoms with Crippen LogP contribution in [0.3, 0.4) is 0 Å². The number of carbonyl (C=O) groups excluding carboxylic acids is 1. The number of fused-ring (bicyclic) bond motifs is 1. The molecule has 1 fully saturated rings. The number of benzene rings is 1. The Morgan fingerprint density at radius 3 is 2.34 bits per heavy atom. The minimum Gasteiger partial charge on any atom is -0.487 e. The van der Waals surface area contributed by atoms with Crippen LogP contribution in [0, 0.1) is 12.8 Å². The van der Waals surface area contributed by atoms with Gasteiger partial charge in [-0.05, 0) is 25.5 Å². The Kier molecular flexibility index (Phi) is 14.9. The summed E-state index contributed by atoms with van der Waals surface area (Å²) < 4.78 is 46.0. The predicted molar refractivity (Wildman–Crippen MR) is 158 cm³/mol. The summed E-state index contributed by atoms with van der Waals surface area (Å²) in [5, 5.41) is 7.26. The number of amides is 1. The first-order valence-corrected chi connectivity index (χ1v) is 13.8. The lowest BCUT2D eigenvalue weighted by Crippen LogP contribution is -2.40. The molecule has 0 saturated carbocycles. The number of piperidine rings is 1. The molecule has 2 aromatic heterocycles. The summed E-state index contributed by atoms with van der Waals surface area (Å²) in [6, 6.07) is 3.98. The van der Waals surface area contributed by atoms with Crippen molar-refractivity contribution in [2.75, 3.05) is 6.54 Å². The van der Waals surface area contributed by atoms with E-state index in [4.69, 9.17) is 44.4 Å². The summed E-state index contributed by atoms with van der Waals surface area (Å²) in [5.41, 5.74) is 0.529. The highest BCUT2D eigenvalue weighted by Gasteiger charge is 2.32. The Labute approximate surface area is 253 Å². The van der Waals surface area contributed by atoms with Crippen molar-refractivity contribution in [2.45, 2.75) is 66.3 Å². The third kappa shape index (κ3) is 10.0. The summed E-state index contributed by atoms with van der Waals surface area (Å²) in [4.78, 5) is 20.8. The number of hydrogen-bond acceptors (Lipinski definition) is 5. The van der Waals surface area contributed by atoms with Crippen molar-refractivity contribution < 1.29 is 27.5 Å². The van der Waals surface area contributed by atoms with Gasteiger partial charge in [-0.3, -0.25) is 4.79 Å². The number of nitrogens with one attached hydrogen (secondary N) is 1. The van der Waals surface area contributed by atoms with Crippen LogP contribution in [-0.2, 0) is 22.4 Å². The normalized spacial score (nSPS) is 14.8. The van der Waals surface area contributed by atoms with Crippen LogP contribution in [0.2, 0.25) is 15.1 Å². The minimum atomic E-state index is -4.53. The molecule has 1 N–H and O–H groups in total. The fourth-order valence-corrected chi connectivity index (χ4v) is 4.22. The SMILES string of the molecule is C#C.C/C(=N\OCc1cn2cc(C(F)(F)F)cc(Cl)c2n1)c1cc(Cl)c(OC2CCC(=O)NC2)cc1Cl.CC.CC. The van der Waals surface area contributed by atoms with E-state index in [2.05, 4.69) is 28.3 Å². The number of halogens is 6. The van der Waals surface area contributed by atoms with Crippen LogP contribution in [0.5, 0.6) is 5.75 Å². The summed E-state index contributed by atoms with van der Waals surface area (Å²) in [5.74, 6) is 0.365. The Balaban J connectivity index is 0.00000131. The Morgan fingerprint density at radius 1 is 1.10 bits per heavy atom. The van der Waals surface area contributed by atoms with Gasteiger partial charge in [-0.25, -0.2) is 4.98 Å². The molecule has 3 heterocycles. The van der Waals surface area contributed by atoms with Crippen LogP contribution in [0.15, 0.2) is 35.7 Å². The lowest BCUT2D eigenvalue weighted by Gasteiger charge is -2.24. The number of nitrogens with zero attached hydrogens (tertiary/aromatic N) is 3. The smallest absolute Gasteiger partial charge is 0.417 e. The van der Waals surface area contributed by atoms with Crippen LogP contribution in [0.25, 0.3) is 5.65 Å². The zero-order valence-corrected chi connectivity index (χ0v) is 25.5. The van der Waals surface area contributed by atoms with Gasteiger partial charge >= 0.3 is 6.18 Å². The molecular weight excluding hydrogens is 604 g/mol. The van der Waals surface area contributed by atoms with Crippen molar-refractivity contribution in [1.82, 2.24) is 14.7 Å². The first-order chi connectivity index (χ1) is 19.5. The number of aromatic nitrogens is 2. The maximum Gasteiger partial charge on any atom is 0.417 e. The number of hydrogen-bond donors (Lipinski definition) is 1. The second kappa shape index (κ2) is 17.0. The van der Waals surface area contributed by atoms with Crippen molar-refractivity contribution in [1.29, 1.82) is 0 Å². The number of imidazole rings is 1. The van der Waals surface area contributed by atoms with Crippen LogP contribution in [0.4, 0.5) is 13.2 Å². The number of terminal acetylenes is 1. The third-order valence-corrected chi connectivity index (χ3v) is 6.11. The zero-order valence-electron chi connectivity index (χ0n) is 23.3. The van der Waals surface area contributed by atoms with Gasteiger partial charge < -0.3 is 19.3 Å². The van der Waals surface area contributed by atoms with E-state index in [0.717, 1.165) is 12.3 Å². The Bertz CT molecular complexity index is 1350. The molecule has 0 spiro atoms. The van der Waals surface area contributed by atoms with Crippen LogP contribution in [0.1, 0.15) is 64.3 Å². The molecule has 1 aliphatic rings. The van der Waals surface area contributed by atoms with E-state index in [0.29, 0.717) is 52.2 Å². The van der Waals surface area contributed by atoms with Crippen molar-refractivity contribution in [3.05, 3.63) is 62.5 Å². The molecule has 1 unspecified atom stereocenters. The largest absolute Gasteiger partial charge is 0.487 e. The van der Waals surface area contributed by atoms with E-state index in [1.165, 1.54) is 10.6 Å². The fraction of sp³-hybridized carbons (Fsp3) is 0.393. The molecular formula is C28H32Cl3F3N4O3. The van der Waals surface area contributed by atoms with Gasteiger partial charge in [-0.2, -0.15) is 13.2 Å². The number of alkyl halides is 3. The molecule has 0 radical (unpaired) electrons. The van der Waals surface area contributed by atoms with Gasteiger partial charge in [0, 0.05) is 30.4 Å². The number of carbonyl (C=O) groups is 1. The standard InChI is InChI=1S/C22H18Cl3F3N4O3.2C2H6.C2H2/c1-11(15-5-17(24)19(6-16(15)23)35-14-2-3-20(33)29-7-14)31-34-10-13-9-32-8-12(22(26,27)28)4-18(25)21(32)30-13;3*1-2/h4-6,8-9,14H,2-3,7,10H2,1H3,(H,29,33);2*1-2H3;1-2H/b31-11+;;;. The molecule has 3 aromatic rings. The zero-order chi connectivity index (χ0) is 31.3. The molecule has 0 bridgehead atoms. The van der Waals surface area contributed by atoms with E-state index < -0.39 is 11.7 Å². The maximum absolute atomic E-state index is 13.0. The van der Waals surface area contributed by atoms with E-state index in [9.17, 15) is 18.0 Å². The maximum atomic E-state index is 13.0. The molecule has 224 valence electrons. The summed E-state index contributed by atoms with van der Waals surface area (Å²) >= 11 is 18.7. The first kappa shape index (κ1) is 35.9. The summed E-state index contributed by atoms with van der Waals surface area (Å²) in [7, 11) is 0. The van der Waals surface area contributed by atoms with Gasteiger partial charge in [0.1, 0.15) is 11.9 Å². The molecule has 13 heteroatoms. The highest BCUT2D eigenvalue weighted by Crippen LogP contribution is 2.34. The highest BCUT2D eigenvalue weighted by atomic mass is 35.5. The van der Waals surface area contributed by atoms with E-state index in [1.54, 1.807) is 19.1 Å². The molecule has 1 aromatic carbocycles. The summed E-state index contributed by atoms with van der Waals surface area (Å²) in [6.07, 6.45) is 6.48. The van der Waals surface area contributed by atoms with Crippen molar-refractivity contribution >= 4 is 52.1 Å². The van der Waals surface area contributed by atoms with Crippen LogP contribution in [-0.4, -0.2) is 33.7 Å². The van der Waals surface area contributed by atoms with Crippen molar-refractivity contribution in [3.8, 4) is 18.6 Å². The second-order valence-electron chi connectivity index (χ2n) is 7.83. The van der Waals surface area contributed by atoms with Gasteiger partial charge in [-0.15, -0.1) is 12.8 Å². The van der Waals surface area contributed by atoms with Gasteiger partial charge in [0.05, 0.1) is 38.6 Å². The van der Waals surface area contributed by atoms with Gasteiger partial charge in [0.15, 0.2) is 12.3 Å². The quantitative estimate of drug-likeness (QED) is 0.168. The monoisotopic (exact) mass is 634 g/mol. The molecule has 1 atom stereocenters. The Morgan fingerprint density at radius 2 is 1.76 bits per heavy atom. The average Bonchev–Trinajstić information content (AvgIpc) is 3.38. The topological polar surface area (TPSA) is 77.2 Å². The van der Waals surface area contributed by atoms with Crippen molar-refractivity contribution in [2.24, 2.45) is 5.16 Å². The molecule has 0 aliphatic carbocycles. The molecule has 41 heavy (non-hydrogen) atoms. The Hall–Kier alpha value is -3.13. The van der Waals surface area contributed by atoms with Crippen molar-refractivity contribution in [3.63, 3.8) is 0 Å². The minimum absolute atomic E-state index is 0.0195. The van der Waals surface area contributed by atoms with Gasteiger partial charge in [-0.1, -0.05) is 67.7 Å². The summed E-state index contributed by atoms with van der Waals surface area (Å²) in [6.45, 7) is 9.93. The molecule has 7 nitrogen and oxygen atoms in total. The lowest BCUT2D eigenvalue weighted by atomic mass is 10.1. The molecule has 4 rings (SSSR count). The third-order valence-electron chi connectivity index (χ3n) is 5.22. The number of oxime groups is 1. The fourth-order valence-electron chi connectivity index (χ4n) is 3.46. The van der Waals surface area contributed by atoms with E-state index in [1.807, 2.05) is 27.7 Å². The van der Waals surface area contributed by atoms with Crippen LogP contribution >= 0.6 is 34.8 Å². The van der Waals surface area contributed by atoms with E-state index in [-0.39, 0.29) is 29.3 Å².